The van der Waals surface area contributed by atoms with Gasteiger partial charge in [0.25, 0.3) is 0 Å². The van der Waals surface area contributed by atoms with Crippen molar-refractivity contribution in [1.29, 1.82) is 0 Å². The van der Waals surface area contributed by atoms with E-state index in [0.29, 0.717) is 33.8 Å². The first-order chi connectivity index (χ1) is 11.5. The summed E-state index contributed by atoms with van der Waals surface area (Å²) in [5, 5.41) is 3.76. The molecule has 2 rings (SSSR count). The molecule has 1 heterocycles. The van der Waals surface area contributed by atoms with Crippen molar-refractivity contribution in [2.45, 2.75) is 19.8 Å². The second-order valence-corrected chi connectivity index (χ2v) is 6.25. The van der Waals surface area contributed by atoms with Gasteiger partial charge in [-0.25, -0.2) is 4.79 Å². The van der Waals surface area contributed by atoms with Gasteiger partial charge in [-0.1, -0.05) is 6.92 Å². The highest BCUT2D eigenvalue weighted by Crippen LogP contribution is 2.34. The average Bonchev–Trinajstić information content (AvgIpc) is 2.60. The van der Waals surface area contributed by atoms with Gasteiger partial charge >= 0.3 is 5.97 Å². The van der Waals surface area contributed by atoms with Gasteiger partial charge in [0.2, 0.25) is 0 Å². The van der Waals surface area contributed by atoms with Crippen LogP contribution in [0.4, 0.5) is 5.69 Å². The first-order valence-electron chi connectivity index (χ1n) is 7.90. The number of esters is 1. The molecule has 1 aromatic rings. The van der Waals surface area contributed by atoms with Crippen LogP contribution in [0.5, 0.6) is 11.5 Å². The smallest absolute Gasteiger partial charge is 0.340 e. The van der Waals surface area contributed by atoms with E-state index in [1.165, 1.54) is 20.6 Å². The number of carbonyl (C=O) groups excluding carboxylic acids is 1. The van der Waals surface area contributed by atoms with Gasteiger partial charge in [0.1, 0.15) is 0 Å². The molecule has 7 heteroatoms. The Morgan fingerprint density at radius 3 is 2.50 bits per heavy atom. The molecule has 1 aromatic carbocycles. The summed E-state index contributed by atoms with van der Waals surface area (Å²) in [6.07, 6.45) is 2.32. The normalized spacial score (nSPS) is 17.2. The predicted octanol–water partition coefficient (Wildman–Crippen LogP) is 2.92. The Balaban J connectivity index is 2.29. The van der Waals surface area contributed by atoms with Crippen molar-refractivity contribution in [2.24, 2.45) is 5.92 Å². The fourth-order valence-electron chi connectivity index (χ4n) is 2.83. The maximum atomic E-state index is 12.1. The van der Waals surface area contributed by atoms with E-state index in [0.717, 1.165) is 19.5 Å². The van der Waals surface area contributed by atoms with Crippen LogP contribution in [-0.2, 0) is 4.74 Å². The monoisotopic (exact) mass is 352 g/mol. The molecule has 1 aliphatic rings. The van der Waals surface area contributed by atoms with Crippen molar-refractivity contribution in [3.63, 3.8) is 0 Å². The lowest BCUT2D eigenvalue weighted by molar-refractivity contribution is 0.0601. The van der Waals surface area contributed by atoms with Gasteiger partial charge in [-0.05, 0) is 31.0 Å². The summed E-state index contributed by atoms with van der Waals surface area (Å²) in [5.74, 6) is 1.11. The summed E-state index contributed by atoms with van der Waals surface area (Å²) in [4.78, 5) is 14.2. The third-order valence-corrected chi connectivity index (χ3v) is 4.48. The molecule has 0 amide bonds. The fourth-order valence-corrected chi connectivity index (χ4v) is 3.11. The number of anilines is 1. The molecule has 6 nitrogen and oxygen atoms in total. The highest BCUT2D eigenvalue weighted by molar-refractivity contribution is 7.80. The second kappa shape index (κ2) is 8.19. The van der Waals surface area contributed by atoms with E-state index in [4.69, 9.17) is 26.4 Å². The number of piperidine rings is 1. The van der Waals surface area contributed by atoms with E-state index in [1.807, 2.05) is 0 Å². The van der Waals surface area contributed by atoms with Crippen molar-refractivity contribution in [3.05, 3.63) is 17.7 Å². The lowest BCUT2D eigenvalue weighted by Crippen LogP contribution is -2.41. The molecule has 0 radical (unpaired) electrons. The number of thiocarbonyl (C=S) groups is 1. The highest BCUT2D eigenvalue weighted by atomic mass is 32.1. The van der Waals surface area contributed by atoms with Crippen LogP contribution in [0.15, 0.2) is 12.1 Å². The van der Waals surface area contributed by atoms with Crippen LogP contribution < -0.4 is 14.8 Å². The van der Waals surface area contributed by atoms with Crippen LogP contribution in [0.1, 0.15) is 30.1 Å². The number of ether oxygens (including phenoxy) is 3. The Labute approximate surface area is 148 Å². The number of carbonyl (C=O) groups is 1. The van der Waals surface area contributed by atoms with E-state index in [-0.39, 0.29) is 0 Å². The summed E-state index contributed by atoms with van der Waals surface area (Å²) >= 11 is 5.52. The number of likely N-dealkylation sites (tertiary alicyclic amines) is 1. The minimum Gasteiger partial charge on any atom is -0.493 e. The summed E-state index contributed by atoms with van der Waals surface area (Å²) in [7, 11) is 4.41. The third kappa shape index (κ3) is 4.08. The maximum absolute atomic E-state index is 12.1. The molecule has 1 N–H and O–H groups in total. The largest absolute Gasteiger partial charge is 0.493 e. The molecule has 0 aromatic heterocycles. The SMILES string of the molecule is COC(=O)c1cc(OC)c(OC)cc1NC(=S)N1CCCC(C)C1. The number of hydrogen-bond donors (Lipinski definition) is 1. The first kappa shape index (κ1) is 18.3. The Morgan fingerprint density at radius 2 is 1.92 bits per heavy atom. The number of methoxy groups -OCH3 is 3. The molecule has 132 valence electrons. The lowest BCUT2D eigenvalue weighted by atomic mass is 10.0. The minimum atomic E-state index is -0.465. The molecule has 24 heavy (non-hydrogen) atoms. The van der Waals surface area contributed by atoms with Gasteiger partial charge in [0.15, 0.2) is 16.6 Å². The molecule has 0 bridgehead atoms. The average molecular weight is 352 g/mol. The molecule has 1 saturated heterocycles. The van der Waals surface area contributed by atoms with Gasteiger partial charge < -0.3 is 24.4 Å². The number of nitrogens with zero attached hydrogens (tertiary/aromatic N) is 1. The number of rotatable bonds is 4. The Bertz CT molecular complexity index is 621. The van der Waals surface area contributed by atoms with Crippen LogP contribution in [0.25, 0.3) is 0 Å². The van der Waals surface area contributed by atoms with Crippen molar-refractivity contribution in [2.75, 3.05) is 39.7 Å². The van der Waals surface area contributed by atoms with E-state index in [1.54, 1.807) is 19.2 Å². The summed E-state index contributed by atoms with van der Waals surface area (Å²) in [6, 6.07) is 3.29. The van der Waals surface area contributed by atoms with Crippen LogP contribution in [0.2, 0.25) is 0 Å². The number of hydrogen-bond acceptors (Lipinski definition) is 5. The maximum Gasteiger partial charge on any atom is 0.340 e. The van der Waals surface area contributed by atoms with Crippen molar-refractivity contribution in [1.82, 2.24) is 4.90 Å². The molecule has 0 aliphatic carbocycles. The Hall–Kier alpha value is -2.02. The summed E-state index contributed by atoms with van der Waals surface area (Å²) in [6.45, 7) is 4.04. The van der Waals surface area contributed by atoms with Crippen LogP contribution in [0, 0.1) is 5.92 Å². The molecule has 1 aliphatic heterocycles. The number of benzene rings is 1. The van der Waals surface area contributed by atoms with Crippen LogP contribution in [-0.4, -0.2) is 50.4 Å². The predicted molar refractivity (Wildman–Crippen MR) is 97.1 cm³/mol. The zero-order valence-electron chi connectivity index (χ0n) is 14.5. The Morgan fingerprint density at radius 1 is 1.25 bits per heavy atom. The lowest BCUT2D eigenvalue weighted by Gasteiger charge is -2.33. The second-order valence-electron chi connectivity index (χ2n) is 5.87. The molecule has 1 unspecified atom stereocenters. The molecular formula is C17H24N2O4S. The number of nitrogens with one attached hydrogen (secondary N) is 1. The third-order valence-electron chi connectivity index (χ3n) is 4.11. The molecule has 0 saturated carbocycles. The van der Waals surface area contributed by atoms with E-state index in [9.17, 15) is 4.79 Å². The zero-order chi connectivity index (χ0) is 17.7. The van der Waals surface area contributed by atoms with E-state index >= 15 is 0 Å². The molecular weight excluding hydrogens is 328 g/mol. The van der Waals surface area contributed by atoms with Crippen LogP contribution in [0.3, 0.4) is 0 Å². The van der Waals surface area contributed by atoms with Crippen LogP contribution >= 0.6 is 12.2 Å². The summed E-state index contributed by atoms with van der Waals surface area (Å²) in [5.41, 5.74) is 0.894. The van der Waals surface area contributed by atoms with Crippen molar-refractivity contribution >= 4 is 29.0 Å². The van der Waals surface area contributed by atoms with Crippen molar-refractivity contribution < 1.29 is 19.0 Å². The summed E-state index contributed by atoms with van der Waals surface area (Å²) < 4.78 is 15.4. The van der Waals surface area contributed by atoms with Crippen molar-refractivity contribution in [3.8, 4) is 11.5 Å². The van der Waals surface area contributed by atoms with Gasteiger partial charge in [0, 0.05) is 25.2 Å². The molecule has 0 spiro atoms. The molecule has 1 atom stereocenters. The van der Waals surface area contributed by atoms with Gasteiger partial charge in [0.05, 0.1) is 32.6 Å². The van der Waals surface area contributed by atoms with E-state index in [2.05, 4.69) is 17.1 Å². The van der Waals surface area contributed by atoms with Gasteiger partial charge in [-0.2, -0.15) is 0 Å². The van der Waals surface area contributed by atoms with E-state index < -0.39 is 5.97 Å². The quantitative estimate of drug-likeness (QED) is 0.660. The Kier molecular flexibility index (Phi) is 6.25. The minimum absolute atomic E-state index is 0.350. The first-order valence-corrected chi connectivity index (χ1v) is 8.31. The molecule has 1 fully saturated rings. The van der Waals surface area contributed by atoms with Gasteiger partial charge in [-0.15, -0.1) is 0 Å². The highest BCUT2D eigenvalue weighted by Gasteiger charge is 2.22. The zero-order valence-corrected chi connectivity index (χ0v) is 15.4. The van der Waals surface area contributed by atoms with Gasteiger partial charge in [-0.3, -0.25) is 0 Å². The standard InChI is InChI=1S/C17H24N2O4S/c1-11-6-5-7-19(10-11)17(24)18-13-9-15(22-3)14(21-2)8-12(13)16(20)23-4/h8-9,11H,5-7,10H2,1-4H3,(H,18,24). The topological polar surface area (TPSA) is 60.0 Å². The fraction of sp³-hybridized carbons (Fsp3) is 0.529.